The lowest BCUT2D eigenvalue weighted by Crippen LogP contribution is -1.72. The summed E-state index contributed by atoms with van der Waals surface area (Å²) < 4.78 is 0. The summed E-state index contributed by atoms with van der Waals surface area (Å²) in [7, 11) is 0. The van der Waals surface area contributed by atoms with E-state index >= 15 is 0 Å². The summed E-state index contributed by atoms with van der Waals surface area (Å²) in [6.45, 7) is 7.47. The highest BCUT2D eigenvalue weighted by molar-refractivity contribution is 5.67. The fourth-order valence-corrected chi connectivity index (χ4v) is 0.890. The highest BCUT2D eigenvalue weighted by atomic mass is 15.2. The summed E-state index contributed by atoms with van der Waals surface area (Å²) in [5.74, 6) is 0.708. The van der Waals surface area contributed by atoms with Crippen molar-refractivity contribution in [1.29, 1.82) is 0 Å². The summed E-state index contributed by atoms with van der Waals surface area (Å²) >= 11 is 0. The van der Waals surface area contributed by atoms with Gasteiger partial charge in [-0.2, -0.15) is 5.10 Å². The van der Waals surface area contributed by atoms with Gasteiger partial charge in [0, 0.05) is 17.5 Å². The molecule has 0 aliphatic carbocycles. The van der Waals surface area contributed by atoms with Crippen molar-refractivity contribution in [2.24, 2.45) is 4.99 Å². The molecule has 1 rings (SSSR count). The predicted octanol–water partition coefficient (Wildman–Crippen LogP) is 2.08. The third kappa shape index (κ3) is 1.37. The molecule has 0 fully saturated rings. The molecule has 0 spiro atoms. The summed E-state index contributed by atoms with van der Waals surface area (Å²) in [6.07, 6.45) is 3.46. The zero-order valence-corrected chi connectivity index (χ0v) is 6.76. The van der Waals surface area contributed by atoms with E-state index in [0.29, 0.717) is 5.82 Å². The van der Waals surface area contributed by atoms with Crippen molar-refractivity contribution in [3.63, 3.8) is 0 Å². The molecule has 0 saturated carbocycles. The maximum atomic E-state index is 4.06. The SMILES string of the molecule is C=Cc1c(N=CC)n[nH]c1C. The van der Waals surface area contributed by atoms with Crippen LogP contribution in [0.2, 0.25) is 0 Å². The van der Waals surface area contributed by atoms with Crippen LogP contribution in [-0.4, -0.2) is 16.4 Å². The summed E-state index contributed by atoms with van der Waals surface area (Å²) in [4.78, 5) is 4.06. The van der Waals surface area contributed by atoms with E-state index in [2.05, 4.69) is 21.8 Å². The Morgan fingerprint density at radius 3 is 2.91 bits per heavy atom. The standard InChI is InChI=1S/C8H11N3/c1-4-7-6(3)10-11-8(7)9-5-2/h4-5H,1H2,2-3H3,(H,10,11). The van der Waals surface area contributed by atoms with Crippen molar-refractivity contribution < 1.29 is 0 Å². The molecule has 0 aromatic carbocycles. The van der Waals surface area contributed by atoms with Crippen molar-refractivity contribution in [3.8, 4) is 0 Å². The molecule has 0 bridgehead atoms. The molecule has 0 amide bonds. The molecular formula is C8H11N3. The molecule has 0 unspecified atom stereocenters. The zero-order valence-electron chi connectivity index (χ0n) is 6.76. The van der Waals surface area contributed by atoms with Gasteiger partial charge in [-0.25, -0.2) is 4.99 Å². The smallest absolute Gasteiger partial charge is 0.180 e. The number of hydrogen-bond donors (Lipinski definition) is 1. The third-order valence-electron chi connectivity index (χ3n) is 1.43. The Labute approximate surface area is 65.9 Å². The minimum Gasteiger partial charge on any atom is -0.280 e. The quantitative estimate of drug-likeness (QED) is 0.642. The Hall–Kier alpha value is -1.38. The number of aryl methyl sites for hydroxylation is 1. The van der Waals surface area contributed by atoms with Crippen molar-refractivity contribution in [3.05, 3.63) is 17.8 Å². The van der Waals surface area contributed by atoms with E-state index in [-0.39, 0.29) is 0 Å². The molecule has 1 heterocycles. The maximum Gasteiger partial charge on any atom is 0.180 e. The van der Waals surface area contributed by atoms with E-state index < -0.39 is 0 Å². The number of H-pyrrole nitrogens is 1. The van der Waals surface area contributed by atoms with Crippen LogP contribution in [0.5, 0.6) is 0 Å². The molecule has 0 radical (unpaired) electrons. The molecule has 0 aliphatic heterocycles. The number of hydrogen-bond acceptors (Lipinski definition) is 2. The fourth-order valence-electron chi connectivity index (χ4n) is 0.890. The second-order valence-electron chi connectivity index (χ2n) is 2.18. The first kappa shape index (κ1) is 7.72. The van der Waals surface area contributed by atoms with Gasteiger partial charge in [-0.3, -0.25) is 5.10 Å². The Balaban J connectivity index is 3.15. The molecule has 3 nitrogen and oxygen atoms in total. The normalized spacial score (nSPS) is 10.7. The number of aliphatic imine (C=N–C) groups is 1. The first-order valence-corrected chi connectivity index (χ1v) is 3.45. The van der Waals surface area contributed by atoms with Gasteiger partial charge in [0.1, 0.15) is 0 Å². The van der Waals surface area contributed by atoms with Crippen LogP contribution in [0, 0.1) is 6.92 Å². The molecule has 0 saturated heterocycles. The molecule has 11 heavy (non-hydrogen) atoms. The van der Waals surface area contributed by atoms with Crippen molar-refractivity contribution in [1.82, 2.24) is 10.2 Å². The van der Waals surface area contributed by atoms with Crippen LogP contribution in [0.4, 0.5) is 5.82 Å². The second-order valence-corrected chi connectivity index (χ2v) is 2.18. The van der Waals surface area contributed by atoms with Crippen molar-refractivity contribution in [2.45, 2.75) is 13.8 Å². The van der Waals surface area contributed by atoms with Crippen LogP contribution in [0.15, 0.2) is 11.6 Å². The van der Waals surface area contributed by atoms with Crippen LogP contribution in [0.25, 0.3) is 6.08 Å². The van der Waals surface area contributed by atoms with Crippen molar-refractivity contribution in [2.75, 3.05) is 0 Å². The lowest BCUT2D eigenvalue weighted by molar-refractivity contribution is 1.04. The van der Waals surface area contributed by atoms with Gasteiger partial charge in [-0.15, -0.1) is 0 Å². The zero-order chi connectivity index (χ0) is 8.27. The number of aromatic amines is 1. The number of rotatable bonds is 2. The molecule has 58 valence electrons. The topological polar surface area (TPSA) is 41.0 Å². The number of aromatic nitrogens is 2. The minimum absolute atomic E-state index is 0.708. The largest absolute Gasteiger partial charge is 0.280 e. The molecule has 1 N–H and O–H groups in total. The van der Waals surface area contributed by atoms with Crippen molar-refractivity contribution >= 4 is 18.1 Å². The molecule has 0 atom stereocenters. The van der Waals surface area contributed by atoms with Gasteiger partial charge in [0.15, 0.2) is 5.82 Å². The van der Waals surface area contributed by atoms with E-state index in [4.69, 9.17) is 0 Å². The number of nitrogens with one attached hydrogen (secondary N) is 1. The molecule has 1 aromatic heterocycles. The third-order valence-corrected chi connectivity index (χ3v) is 1.43. The lowest BCUT2D eigenvalue weighted by atomic mass is 10.2. The first-order valence-electron chi connectivity index (χ1n) is 3.45. The average molecular weight is 149 g/mol. The van der Waals surface area contributed by atoms with E-state index in [1.165, 1.54) is 0 Å². The summed E-state index contributed by atoms with van der Waals surface area (Å²) in [6, 6.07) is 0. The maximum absolute atomic E-state index is 4.06. The van der Waals surface area contributed by atoms with Crippen LogP contribution < -0.4 is 0 Å². The molecule has 3 heteroatoms. The van der Waals surface area contributed by atoms with E-state index in [1.807, 2.05) is 13.8 Å². The monoisotopic (exact) mass is 149 g/mol. The molecular weight excluding hydrogens is 138 g/mol. The van der Waals surface area contributed by atoms with E-state index in [1.54, 1.807) is 12.3 Å². The van der Waals surface area contributed by atoms with Gasteiger partial charge in [0.05, 0.1) is 0 Å². The van der Waals surface area contributed by atoms with E-state index in [9.17, 15) is 0 Å². The van der Waals surface area contributed by atoms with Gasteiger partial charge < -0.3 is 0 Å². The highest BCUT2D eigenvalue weighted by Gasteiger charge is 2.03. The van der Waals surface area contributed by atoms with Gasteiger partial charge in [0.25, 0.3) is 0 Å². The Kier molecular flexibility index (Phi) is 2.21. The van der Waals surface area contributed by atoms with Gasteiger partial charge >= 0.3 is 0 Å². The van der Waals surface area contributed by atoms with Crippen LogP contribution in [0.3, 0.4) is 0 Å². The minimum atomic E-state index is 0.708. The lowest BCUT2D eigenvalue weighted by Gasteiger charge is -1.88. The fraction of sp³-hybridized carbons (Fsp3) is 0.250. The summed E-state index contributed by atoms with van der Waals surface area (Å²) in [5.41, 5.74) is 1.98. The highest BCUT2D eigenvalue weighted by Crippen LogP contribution is 2.19. The first-order chi connectivity index (χ1) is 5.29. The van der Waals surface area contributed by atoms with E-state index in [0.717, 1.165) is 11.3 Å². The van der Waals surface area contributed by atoms with Gasteiger partial charge in [-0.05, 0) is 13.8 Å². The molecule has 1 aromatic rings. The Morgan fingerprint density at radius 1 is 1.64 bits per heavy atom. The average Bonchev–Trinajstić information content (AvgIpc) is 2.33. The molecule has 0 aliphatic rings. The number of nitrogens with zero attached hydrogens (tertiary/aromatic N) is 2. The Bertz CT molecular complexity index is 284. The Morgan fingerprint density at radius 2 is 2.36 bits per heavy atom. The van der Waals surface area contributed by atoms with Crippen LogP contribution >= 0.6 is 0 Å². The summed E-state index contributed by atoms with van der Waals surface area (Å²) in [5, 5.41) is 6.82. The van der Waals surface area contributed by atoms with Gasteiger partial charge in [-0.1, -0.05) is 12.7 Å². The predicted molar refractivity (Wildman–Crippen MR) is 47.2 cm³/mol. The van der Waals surface area contributed by atoms with Gasteiger partial charge in [0.2, 0.25) is 0 Å². The second kappa shape index (κ2) is 3.14. The van der Waals surface area contributed by atoms with Crippen LogP contribution in [-0.2, 0) is 0 Å². The van der Waals surface area contributed by atoms with Crippen LogP contribution in [0.1, 0.15) is 18.2 Å².